The van der Waals surface area contributed by atoms with Crippen LogP contribution in [0.15, 0.2) is 0 Å². The summed E-state index contributed by atoms with van der Waals surface area (Å²) in [6, 6.07) is -0.346. The van der Waals surface area contributed by atoms with Crippen molar-refractivity contribution in [2.75, 3.05) is 19.8 Å². The van der Waals surface area contributed by atoms with Gasteiger partial charge in [-0.2, -0.15) is 0 Å². The van der Waals surface area contributed by atoms with Gasteiger partial charge in [0.25, 0.3) is 0 Å². The molecule has 1 aliphatic heterocycles. The summed E-state index contributed by atoms with van der Waals surface area (Å²) in [5.41, 5.74) is 5.10. The Bertz CT molecular complexity index is 346. The summed E-state index contributed by atoms with van der Waals surface area (Å²) in [5, 5.41) is 11.8. The van der Waals surface area contributed by atoms with E-state index >= 15 is 0 Å². The van der Waals surface area contributed by atoms with E-state index in [-0.39, 0.29) is 31.0 Å². The summed E-state index contributed by atoms with van der Waals surface area (Å²) < 4.78 is 5.21. The molecule has 1 saturated heterocycles. The van der Waals surface area contributed by atoms with Gasteiger partial charge in [0.05, 0.1) is 24.5 Å². The van der Waals surface area contributed by atoms with E-state index in [4.69, 9.17) is 15.6 Å². The van der Waals surface area contributed by atoms with E-state index in [1.54, 1.807) is 6.92 Å². The highest BCUT2D eigenvalue weighted by molar-refractivity contribution is 5.84. The van der Waals surface area contributed by atoms with Crippen LogP contribution in [0.25, 0.3) is 0 Å². The van der Waals surface area contributed by atoms with Crippen molar-refractivity contribution in [1.82, 2.24) is 5.32 Å². The highest BCUT2D eigenvalue weighted by atomic mass is 16.5. The molecule has 1 heterocycles. The van der Waals surface area contributed by atoms with Gasteiger partial charge < -0.3 is 20.9 Å². The number of ether oxygens (including phenoxy) is 1. The van der Waals surface area contributed by atoms with E-state index in [0.29, 0.717) is 13.0 Å². The maximum absolute atomic E-state index is 12.1. The fourth-order valence-corrected chi connectivity index (χ4v) is 2.18. The van der Waals surface area contributed by atoms with E-state index in [0.717, 1.165) is 0 Å². The van der Waals surface area contributed by atoms with Crippen molar-refractivity contribution >= 4 is 11.9 Å². The SMILES string of the molecule is CC(C)CC(CNC(=O)C1(C)COCC1N)C(=O)O. The van der Waals surface area contributed by atoms with Crippen LogP contribution in [0.2, 0.25) is 0 Å². The Balaban J connectivity index is 2.54. The Morgan fingerprint density at radius 2 is 2.16 bits per heavy atom. The fourth-order valence-electron chi connectivity index (χ4n) is 2.18. The van der Waals surface area contributed by atoms with Gasteiger partial charge in [-0.05, 0) is 19.3 Å². The van der Waals surface area contributed by atoms with Gasteiger partial charge in [0.15, 0.2) is 0 Å². The number of amides is 1. The normalized spacial score (nSPS) is 28.4. The van der Waals surface area contributed by atoms with Crippen LogP contribution in [-0.4, -0.2) is 42.8 Å². The minimum absolute atomic E-state index is 0.134. The Labute approximate surface area is 113 Å². The van der Waals surface area contributed by atoms with Gasteiger partial charge in [-0.3, -0.25) is 9.59 Å². The van der Waals surface area contributed by atoms with Crippen LogP contribution >= 0.6 is 0 Å². The lowest BCUT2D eigenvalue weighted by atomic mass is 9.84. The minimum atomic E-state index is -0.883. The van der Waals surface area contributed by atoms with Gasteiger partial charge >= 0.3 is 5.97 Å². The minimum Gasteiger partial charge on any atom is -0.481 e. The number of nitrogens with two attached hydrogens (primary N) is 1. The average molecular weight is 272 g/mol. The monoisotopic (exact) mass is 272 g/mol. The second kappa shape index (κ2) is 6.34. The number of aliphatic carboxylic acids is 1. The van der Waals surface area contributed by atoms with Crippen LogP contribution in [-0.2, 0) is 14.3 Å². The van der Waals surface area contributed by atoms with Gasteiger partial charge in [0.2, 0.25) is 5.91 Å². The summed E-state index contributed by atoms with van der Waals surface area (Å²) in [7, 11) is 0. The maximum Gasteiger partial charge on any atom is 0.308 e. The molecule has 3 unspecified atom stereocenters. The Morgan fingerprint density at radius 3 is 2.58 bits per heavy atom. The van der Waals surface area contributed by atoms with Crippen LogP contribution in [0.4, 0.5) is 0 Å². The lowest BCUT2D eigenvalue weighted by Crippen LogP contribution is -2.51. The van der Waals surface area contributed by atoms with Gasteiger partial charge in [-0.25, -0.2) is 0 Å². The smallest absolute Gasteiger partial charge is 0.308 e. The molecule has 1 rings (SSSR count). The molecule has 6 heteroatoms. The third-order valence-electron chi connectivity index (χ3n) is 3.65. The van der Waals surface area contributed by atoms with E-state index in [2.05, 4.69) is 5.32 Å². The van der Waals surface area contributed by atoms with Crippen LogP contribution in [0.1, 0.15) is 27.2 Å². The first-order valence-electron chi connectivity index (χ1n) is 6.61. The number of carbonyl (C=O) groups excluding carboxylic acids is 1. The highest BCUT2D eigenvalue weighted by Crippen LogP contribution is 2.27. The van der Waals surface area contributed by atoms with Gasteiger partial charge in [-0.1, -0.05) is 13.8 Å². The summed E-state index contributed by atoms with van der Waals surface area (Å²) in [5.74, 6) is -1.41. The number of rotatable bonds is 6. The lowest BCUT2D eigenvalue weighted by molar-refractivity contribution is -0.142. The van der Waals surface area contributed by atoms with Crippen molar-refractivity contribution < 1.29 is 19.4 Å². The molecule has 0 spiro atoms. The zero-order valence-corrected chi connectivity index (χ0v) is 11.8. The molecule has 0 aromatic carbocycles. The van der Waals surface area contributed by atoms with Crippen molar-refractivity contribution in [1.29, 1.82) is 0 Å². The predicted molar refractivity (Wildman–Crippen MR) is 70.5 cm³/mol. The Morgan fingerprint density at radius 1 is 1.53 bits per heavy atom. The summed E-state index contributed by atoms with van der Waals surface area (Å²) in [4.78, 5) is 23.2. The van der Waals surface area contributed by atoms with Crippen molar-refractivity contribution in [2.45, 2.75) is 33.2 Å². The highest BCUT2D eigenvalue weighted by Gasteiger charge is 2.44. The summed E-state index contributed by atoms with van der Waals surface area (Å²) in [6.07, 6.45) is 0.537. The molecule has 0 bridgehead atoms. The molecule has 6 nitrogen and oxygen atoms in total. The molecule has 0 aliphatic carbocycles. The molecule has 0 aromatic heterocycles. The Kier molecular flexibility index (Phi) is 5.31. The van der Waals surface area contributed by atoms with Crippen molar-refractivity contribution in [3.63, 3.8) is 0 Å². The number of carboxylic acid groups (broad SMARTS) is 1. The second-order valence-corrected chi connectivity index (χ2v) is 5.91. The van der Waals surface area contributed by atoms with Crippen LogP contribution in [0, 0.1) is 17.3 Å². The van der Waals surface area contributed by atoms with E-state index in [9.17, 15) is 9.59 Å². The number of carboxylic acids is 1. The molecular formula is C13H24N2O4. The van der Waals surface area contributed by atoms with Gasteiger partial charge in [0.1, 0.15) is 0 Å². The van der Waals surface area contributed by atoms with Crippen molar-refractivity contribution in [2.24, 2.45) is 23.0 Å². The van der Waals surface area contributed by atoms with E-state index < -0.39 is 17.3 Å². The van der Waals surface area contributed by atoms with E-state index in [1.165, 1.54) is 0 Å². The largest absolute Gasteiger partial charge is 0.481 e. The molecule has 19 heavy (non-hydrogen) atoms. The van der Waals surface area contributed by atoms with Gasteiger partial charge in [-0.15, -0.1) is 0 Å². The van der Waals surface area contributed by atoms with E-state index in [1.807, 2.05) is 13.8 Å². The number of hydrogen-bond donors (Lipinski definition) is 3. The second-order valence-electron chi connectivity index (χ2n) is 5.91. The predicted octanol–water partition coefficient (Wildman–Crippen LogP) is 0.213. The fraction of sp³-hybridized carbons (Fsp3) is 0.846. The van der Waals surface area contributed by atoms with Crippen LogP contribution in [0.3, 0.4) is 0 Å². The first kappa shape index (κ1) is 15.9. The lowest BCUT2D eigenvalue weighted by Gasteiger charge is -2.26. The molecule has 1 fully saturated rings. The standard InChI is InChI=1S/C13H24N2O4/c1-8(2)4-9(11(16)17)5-15-12(18)13(3)7-19-6-10(13)14/h8-10H,4-7,14H2,1-3H3,(H,15,18)(H,16,17). The molecule has 0 saturated carbocycles. The zero-order chi connectivity index (χ0) is 14.6. The molecular weight excluding hydrogens is 248 g/mol. The van der Waals surface area contributed by atoms with Crippen LogP contribution in [0.5, 0.6) is 0 Å². The quantitative estimate of drug-likeness (QED) is 0.641. The molecule has 110 valence electrons. The maximum atomic E-state index is 12.1. The summed E-state index contributed by atoms with van der Waals surface area (Å²) >= 11 is 0. The first-order valence-corrected chi connectivity index (χ1v) is 6.61. The van der Waals surface area contributed by atoms with Gasteiger partial charge in [0, 0.05) is 12.6 Å². The number of carbonyl (C=O) groups is 2. The molecule has 1 amide bonds. The number of hydrogen-bond acceptors (Lipinski definition) is 4. The third kappa shape index (κ3) is 3.91. The molecule has 0 aromatic rings. The number of nitrogens with one attached hydrogen (secondary N) is 1. The zero-order valence-electron chi connectivity index (χ0n) is 11.8. The van der Waals surface area contributed by atoms with Crippen LogP contribution < -0.4 is 11.1 Å². The summed E-state index contributed by atoms with van der Waals surface area (Å²) in [6.45, 7) is 6.44. The molecule has 0 radical (unpaired) electrons. The average Bonchev–Trinajstić information content (AvgIpc) is 2.65. The molecule has 1 aliphatic rings. The Hall–Kier alpha value is -1.14. The topological polar surface area (TPSA) is 102 Å². The van der Waals surface area contributed by atoms with Crippen molar-refractivity contribution in [3.8, 4) is 0 Å². The molecule has 3 atom stereocenters. The third-order valence-corrected chi connectivity index (χ3v) is 3.65. The molecule has 4 N–H and O–H groups in total. The van der Waals surface area contributed by atoms with Crippen molar-refractivity contribution in [3.05, 3.63) is 0 Å². The first-order chi connectivity index (χ1) is 8.77.